The molecule has 1 N–H and O–H groups in total. The molecule has 1 aromatic rings. The van der Waals surface area contributed by atoms with Crippen molar-refractivity contribution in [1.82, 2.24) is 9.78 Å². The van der Waals surface area contributed by atoms with Crippen LogP contribution in [-0.4, -0.2) is 33.0 Å². The molecular weight excluding hydrogens is 196 g/mol. The molecule has 14 heavy (non-hydrogen) atoms. The highest BCUT2D eigenvalue weighted by Gasteiger charge is 2.05. The standard InChI is InChI=1S/C10H18N2OS/c1-12-9(5-7-11-12)3-4-10(13)6-8-14-2/h5,7,10,13H,3-4,6,8H2,1-2H3. The molecule has 4 heteroatoms. The number of aliphatic hydroxyl groups is 1. The lowest BCUT2D eigenvalue weighted by Crippen LogP contribution is -2.10. The summed E-state index contributed by atoms with van der Waals surface area (Å²) in [5.41, 5.74) is 1.19. The van der Waals surface area contributed by atoms with E-state index in [-0.39, 0.29) is 6.10 Å². The first-order valence-corrected chi connectivity index (χ1v) is 6.27. The summed E-state index contributed by atoms with van der Waals surface area (Å²) in [6.07, 6.45) is 6.32. The zero-order chi connectivity index (χ0) is 10.4. The summed E-state index contributed by atoms with van der Waals surface area (Å²) < 4.78 is 1.86. The van der Waals surface area contributed by atoms with E-state index >= 15 is 0 Å². The van der Waals surface area contributed by atoms with Gasteiger partial charge < -0.3 is 5.11 Å². The molecule has 1 aromatic heterocycles. The number of hydrogen-bond donors (Lipinski definition) is 1. The number of nitrogens with zero attached hydrogens (tertiary/aromatic N) is 2. The van der Waals surface area contributed by atoms with Gasteiger partial charge in [-0.05, 0) is 37.3 Å². The van der Waals surface area contributed by atoms with Crippen molar-refractivity contribution in [3.8, 4) is 0 Å². The minimum atomic E-state index is -0.169. The van der Waals surface area contributed by atoms with Gasteiger partial charge in [0.15, 0.2) is 0 Å². The van der Waals surface area contributed by atoms with E-state index in [1.165, 1.54) is 5.69 Å². The van der Waals surface area contributed by atoms with E-state index in [2.05, 4.69) is 11.4 Å². The third-order valence-electron chi connectivity index (χ3n) is 2.31. The van der Waals surface area contributed by atoms with E-state index in [0.717, 1.165) is 25.0 Å². The molecule has 0 fully saturated rings. The van der Waals surface area contributed by atoms with Gasteiger partial charge in [0.2, 0.25) is 0 Å². The van der Waals surface area contributed by atoms with Crippen molar-refractivity contribution in [2.45, 2.75) is 25.4 Å². The smallest absolute Gasteiger partial charge is 0.0551 e. The summed E-state index contributed by atoms with van der Waals surface area (Å²) in [6.45, 7) is 0. The third kappa shape index (κ3) is 3.72. The molecule has 0 bridgehead atoms. The van der Waals surface area contributed by atoms with Crippen LogP contribution in [0, 0.1) is 0 Å². The number of aryl methyl sites for hydroxylation is 2. The van der Waals surface area contributed by atoms with Crippen molar-refractivity contribution in [2.75, 3.05) is 12.0 Å². The molecule has 3 nitrogen and oxygen atoms in total. The topological polar surface area (TPSA) is 38.1 Å². The molecule has 0 aromatic carbocycles. The molecule has 0 amide bonds. The average Bonchev–Trinajstić information content (AvgIpc) is 2.58. The number of rotatable bonds is 6. The lowest BCUT2D eigenvalue weighted by molar-refractivity contribution is 0.161. The van der Waals surface area contributed by atoms with Gasteiger partial charge in [-0.1, -0.05) is 0 Å². The second-order valence-corrected chi connectivity index (χ2v) is 4.41. The summed E-state index contributed by atoms with van der Waals surface area (Å²) in [4.78, 5) is 0. The van der Waals surface area contributed by atoms with Gasteiger partial charge in [-0.15, -0.1) is 0 Å². The Hall–Kier alpha value is -0.480. The molecule has 80 valence electrons. The molecule has 0 saturated carbocycles. The van der Waals surface area contributed by atoms with Crippen molar-refractivity contribution in [3.63, 3.8) is 0 Å². The Morgan fingerprint density at radius 1 is 1.57 bits per heavy atom. The summed E-state index contributed by atoms with van der Waals surface area (Å²) in [5, 5.41) is 13.7. The number of aromatic nitrogens is 2. The van der Waals surface area contributed by atoms with E-state index in [1.807, 2.05) is 17.8 Å². The molecule has 0 aliphatic carbocycles. The van der Waals surface area contributed by atoms with Crippen molar-refractivity contribution in [2.24, 2.45) is 7.05 Å². The fourth-order valence-electron chi connectivity index (χ4n) is 1.36. The number of hydrogen-bond acceptors (Lipinski definition) is 3. The maximum absolute atomic E-state index is 9.63. The second kappa shape index (κ2) is 6.09. The summed E-state index contributed by atoms with van der Waals surface area (Å²) >= 11 is 1.78. The van der Waals surface area contributed by atoms with Crippen LogP contribution in [0.1, 0.15) is 18.5 Å². The van der Waals surface area contributed by atoms with Gasteiger partial charge in [0, 0.05) is 18.9 Å². The van der Waals surface area contributed by atoms with E-state index < -0.39 is 0 Å². The predicted molar refractivity (Wildman–Crippen MR) is 60.5 cm³/mol. The monoisotopic (exact) mass is 214 g/mol. The van der Waals surface area contributed by atoms with Gasteiger partial charge in [0.1, 0.15) is 0 Å². The van der Waals surface area contributed by atoms with Gasteiger partial charge in [0.25, 0.3) is 0 Å². The van der Waals surface area contributed by atoms with Crippen molar-refractivity contribution in [3.05, 3.63) is 18.0 Å². The van der Waals surface area contributed by atoms with Crippen LogP contribution < -0.4 is 0 Å². The minimum Gasteiger partial charge on any atom is -0.393 e. The minimum absolute atomic E-state index is 0.169. The van der Waals surface area contributed by atoms with Gasteiger partial charge in [-0.3, -0.25) is 4.68 Å². The molecule has 1 heterocycles. The van der Waals surface area contributed by atoms with E-state index in [0.29, 0.717) is 0 Å². The Labute approximate surface area is 89.5 Å². The fraction of sp³-hybridized carbons (Fsp3) is 0.700. The van der Waals surface area contributed by atoms with Crippen LogP contribution in [-0.2, 0) is 13.5 Å². The molecule has 0 saturated heterocycles. The molecule has 0 aliphatic heterocycles. The Balaban J connectivity index is 2.23. The molecule has 1 unspecified atom stereocenters. The lowest BCUT2D eigenvalue weighted by atomic mass is 10.1. The van der Waals surface area contributed by atoms with Crippen molar-refractivity contribution >= 4 is 11.8 Å². The van der Waals surface area contributed by atoms with Gasteiger partial charge >= 0.3 is 0 Å². The molecule has 0 spiro atoms. The number of aliphatic hydroxyl groups excluding tert-OH is 1. The highest BCUT2D eigenvalue weighted by molar-refractivity contribution is 7.98. The summed E-state index contributed by atoms with van der Waals surface area (Å²) in [7, 11) is 1.93. The van der Waals surface area contributed by atoms with Crippen LogP contribution in [0.3, 0.4) is 0 Å². The molecule has 0 radical (unpaired) electrons. The Morgan fingerprint density at radius 2 is 2.36 bits per heavy atom. The Bertz CT molecular complexity index is 262. The molecule has 1 atom stereocenters. The lowest BCUT2D eigenvalue weighted by Gasteiger charge is -2.09. The van der Waals surface area contributed by atoms with Crippen LogP contribution in [0.15, 0.2) is 12.3 Å². The third-order valence-corrected chi connectivity index (χ3v) is 2.96. The van der Waals surface area contributed by atoms with E-state index in [4.69, 9.17) is 0 Å². The molecule has 1 rings (SSSR count). The van der Waals surface area contributed by atoms with Crippen LogP contribution in [0.4, 0.5) is 0 Å². The maximum atomic E-state index is 9.63. The maximum Gasteiger partial charge on any atom is 0.0551 e. The average molecular weight is 214 g/mol. The Kier molecular flexibility index (Phi) is 5.04. The molecule has 0 aliphatic rings. The second-order valence-electron chi connectivity index (χ2n) is 3.42. The first kappa shape index (κ1) is 11.6. The van der Waals surface area contributed by atoms with Crippen molar-refractivity contribution in [1.29, 1.82) is 0 Å². The summed E-state index contributed by atoms with van der Waals surface area (Å²) in [5.74, 6) is 1.03. The van der Waals surface area contributed by atoms with Crippen molar-refractivity contribution < 1.29 is 5.11 Å². The van der Waals surface area contributed by atoms with Crippen LogP contribution in [0.2, 0.25) is 0 Å². The van der Waals surface area contributed by atoms with Gasteiger partial charge in [0.05, 0.1) is 6.10 Å². The zero-order valence-corrected chi connectivity index (χ0v) is 9.63. The highest BCUT2D eigenvalue weighted by Crippen LogP contribution is 2.08. The van der Waals surface area contributed by atoms with Crippen LogP contribution in [0.5, 0.6) is 0 Å². The first-order chi connectivity index (χ1) is 6.74. The van der Waals surface area contributed by atoms with E-state index in [9.17, 15) is 5.11 Å². The summed E-state index contributed by atoms with van der Waals surface area (Å²) in [6, 6.07) is 2.00. The van der Waals surface area contributed by atoms with Gasteiger partial charge in [-0.25, -0.2) is 0 Å². The van der Waals surface area contributed by atoms with Crippen LogP contribution in [0.25, 0.3) is 0 Å². The SMILES string of the molecule is CSCCC(O)CCc1ccnn1C. The number of thioether (sulfide) groups is 1. The zero-order valence-electron chi connectivity index (χ0n) is 8.81. The predicted octanol–water partition coefficient (Wildman–Crippen LogP) is 1.47. The normalized spacial score (nSPS) is 13.1. The van der Waals surface area contributed by atoms with Crippen LogP contribution >= 0.6 is 11.8 Å². The largest absolute Gasteiger partial charge is 0.393 e. The molecular formula is C10H18N2OS. The highest BCUT2D eigenvalue weighted by atomic mass is 32.2. The Morgan fingerprint density at radius 3 is 2.93 bits per heavy atom. The first-order valence-electron chi connectivity index (χ1n) is 4.88. The van der Waals surface area contributed by atoms with E-state index in [1.54, 1.807) is 18.0 Å². The fourth-order valence-corrected chi connectivity index (χ4v) is 1.87. The van der Waals surface area contributed by atoms with Gasteiger partial charge in [-0.2, -0.15) is 16.9 Å². The quantitative estimate of drug-likeness (QED) is 0.779.